The second kappa shape index (κ2) is 9.03. The van der Waals surface area contributed by atoms with Gasteiger partial charge in [0.25, 0.3) is 0 Å². The van der Waals surface area contributed by atoms with Crippen molar-refractivity contribution in [1.82, 2.24) is 4.90 Å². The molecule has 0 aromatic rings. The quantitative estimate of drug-likeness (QED) is 0.679. The molecule has 0 radical (unpaired) electrons. The van der Waals surface area contributed by atoms with Crippen LogP contribution in [0.3, 0.4) is 0 Å². The summed E-state index contributed by atoms with van der Waals surface area (Å²) in [5.74, 6) is 0.267. The Hall–Kier alpha value is -1.10. The Morgan fingerprint density at radius 3 is 2.10 bits per heavy atom. The Morgan fingerprint density at radius 2 is 1.71 bits per heavy atom. The molecule has 0 aliphatic rings. The van der Waals surface area contributed by atoms with Crippen molar-refractivity contribution < 1.29 is 9.59 Å². The summed E-state index contributed by atoms with van der Waals surface area (Å²) in [4.78, 5) is 25.0. The van der Waals surface area contributed by atoms with E-state index in [2.05, 4.69) is 20.8 Å². The molecule has 0 fully saturated rings. The molecule has 0 aliphatic carbocycles. The summed E-state index contributed by atoms with van der Waals surface area (Å²) in [6, 6.07) is 0. The minimum Gasteiger partial charge on any atom is -0.368 e. The van der Waals surface area contributed by atoms with E-state index in [4.69, 9.17) is 11.5 Å². The first-order valence-electron chi connectivity index (χ1n) is 7.84. The predicted molar refractivity (Wildman–Crippen MR) is 86.5 cm³/mol. The number of carbonyl (C=O) groups excluding carboxylic acids is 2. The van der Waals surface area contributed by atoms with E-state index in [1.165, 1.54) is 0 Å². The van der Waals surface area contributed by atoms with Crippen molar-refractivity contribution in [3.63, 3.8) is 0 Å². The zero-order valence-corrected chi connectivity index (χ0v) is 14.3. The lowest BCUT2D eigenvalue weighted by molar-refractivity contribution is -0.136. The first-order chi connectivity index (χ1) is 9.57. The van der Waals surface area contributed by atoms with Gasteiger partial charge in [0.05, 0.1) is 6.54 Å². The normalized spacial score (nSPS) is 13.3. The molecule has 0 saturated carbocycles. The molecule has 0 rings (SSSR count). The topological polar surface area (TPSA) is 89.4 Å². The van der Waals surface area contributed by atoms with Gasteiger partial charge in [0.2, 0.25) is 11.8 Å². The van der Waals surface area contributed by atoms with Crippen molar-refractivity contribution >= 4 is 11.8 Å². The highest BCUT2D eigenvalue weighted by molar-refractivity contribution is 5.83. The molecule has 5 nitrogen and oxygen atoms in total. The van der Waals surface area contributed by atoms with E-state index in [0.29, 0.717) is 31.3 Å². The maximum Gasteiger partial charge on any atom is 0.237 e. The Balaban J connectivity index is 4.62. The zero-order chi connectivity index (χ0) is 16.6. The maximum atomic E-state index is 12.3. The van der Waals surface area contributed by atoms with Crippen LogP contribution in [0.15, 0.2) is 0 Å². The summed E-state index contributed by atoms with van der Waals surface area (Å²) in [5.41, 5.74) is 11.0. The second-order valence-electron chi connectivity index (χ2n) is 7.31. The van der Waals surface area contributed by atoms with Gasteiger partial charge in [-0.05, 0) is 36.6 Å². The fraction of sp³-hybridized carbons (Fsp3) is 0.875. The van der Waals surface area contributed by atoms with Crippen molar-refractivity contribution in [2.24, 2.45) is 28.7 Å². The summed E-state index contributed by atoms with van der Waals surface area (Å²) >= 11 is 0. The average Bonchev–Trinajstić information content (AvgIpc) is 2.30. The second-order valence-corrected chi connectivity index (χ2v) is 7.31. The number of hydrogen-bond acceptors (Lipinski definition) is 3. The molecule has 4 N–H and O–H groups in total. The first-order valence-corrected chi connectivity index (χ1v) is 7.84. The van der Waals surface area contributed by atoms with E-state index in [-0.39, 0.29) is 17.9 Å². The fourth-order valence-corrected chi connectivity index (χ4v) is 2.55. The average molecular weight is 299 g/mol. The van der Waals surface area contributed by atoms with Gasteiger partial charge in [0.15, 0.2) is 0 Å². The van der Waals surface area contributed by atoms with Gasteiger partial charge in [-0.1, -0.05) is 34.6 Å². The largest absolute Gasteiger partial charge is 0.368 e. The molecule has 0 saturated heterocycles. The molecule has 2 amide bonds. The minimum absolute atomic E-state index is 0.00802. The molecule has 124 valence electrons. The smallest absolute Gasteiger partial charge is 0.237 e. The molecule has 0 aromatic heterocycles. The number of rotatable bonds is 9. The summed E-state index contributed by atoms with van der Waals surface area (Å²) in [7, 11) is 0. The highest BCUT2D eigenvalue weighted by atomic mass is 16.2. The van der Waals surface area contributed by atoms with Crippen LogP contribution in [0, 0.1) is 17.3 Å². The maximum absolute atomic E-state index is 12.3. The van der Waals surface area contributed by atoms with E-state index in [1.807, 2.05) is 13.8 Å². The fourth-order valence-electron chi connectivity index (χ4n) is 2.55. The summed E-state index contributed by atoms with van der Waals surface area (Å²) in [6.07, 6.45) is 2.16. The number of nitrogens with two attached hydrogens (primary N) is 2. The molecule has 1 unspecified atom stereocenters. The third kappa shape index (κ3) is 8.71. The molecular formula is C16H33N3O2. The van der Waals surface area contributed by atoms with Crippen LogP contribution in [0.1, 0.15) is 53.9 Å². The lowest BCUT2D eigenvalue weighted by Crippen LogP contribution is -2.40. The van der Waals surface area contributed by atoms with E-state index in [9.17, 15) is 9.59 Å². The molecule has 1 atom stereocenters. The van der Waals surface area contributed by atoms with Gasteiger partial charge in [-0.25, -0.2) is 0 Å². The van der Waals surface area contributed by atoms with Crippen LogP contribution in [0.4, 0.5) is 0 Å². The van der Waals surface area contributed by atoms with Gasteiger partial charge < -0.3 is 16.4 Å². The number of amides is 2. The number of hydrogen-bond donors (Lipinski definition) is 2. The van der Waals surface area contributed by atoms with Crippen LogP contribution in [0.25, 0.3) is 0 Å². The lowest BCUT2D eigenvalue weighted by Gasteiger charge is -2.31. The van der Waals surface area contributed by atoms with E-state index in [1.54, 1.807) is 4.90 Å². The molecule has 0 bridgehead atoms. The predicted octanol–water partition coefficient (Wildman–Crippen LogP) is 1.75. The Labute approximate surface area is 129 Å². The van der Waals surface area contributed by atoms with Gasteiger partial charge in [-0.15, -0.1) is 0 Å². The van der Waals surface area contributed by atoms with Crippen LogP contribution in [0.5, 0.6) is 0 Å². The highest BCUT2D eigenvalue weighted by Gasteiger charge is 2.25. The summed E-state index contributed by atoms with van der Waals surface area (Å²) in [5, 5.41) is 0. The number of primary amides is 1. The summed E-state index contributed by atoms with van der Waals surface area (Å²) < 4.78 is 0. The van der Waals surface area contributed by atoms with Crippen LogP contribution in [0.2, 0.25) is 0 Å². The third-order valence-electron chi connectivity index (χ3n) is 3.73. The van der Waals surface area contributed by atoms with Crippen molar-refractivity contribution in [2.75, 3.05) is 19.6 Å². The van der Waals surface area contributed by atoms with Crippen LogP contribution in [-0.2, 0) is 9.59 Å². The van der Waals surface area contributed by atoms with Crippen LogP contribution >= 0.6 is 0 Å². The SMILES string of the molecule is CC(C)CN(CC(N)=O)C(=O)CCC(CCN)C(C)(C)C. The van der Waals surface area contributed by atoms with Gasteiger partial charge in [0.1, 0.15) is 0 Å². The third-order valence-corrected chi connectivity index (χ3v) is 3.73. The molecule has 5 heteroatoms. The molecule has 0 heterocycles. The van der Waals surface area contributed by atoms with Gasteiger partial charge >= 0.3 is 0 Å². The monoisotopic (exact) mass is 299 g/mol. The Kier molecular flexibility index (Phi) is 8.55. The van der Waals surface area contributed by atoms with Gasteiger partial charge in [0, 0.05) is 13.0 Å². The van der Waals surface area contributed by atoms with Gasteiger partial charge in [-0.3, -0.25) is 9.59 Å². The Bertz CT molecular complexity index is 335. The molecule has 21 heavy (non-hydrogen) atoms. The first kappa shape index (κ1) is 19.9. The molecule has 0 aliphatic heterocycles. The van der Waals surface area contributed by atoms with Crippen LogP contribution in [-0.4, -0.2) is 36.3 Å². The van der Waals surface area contributed by atoms with Gasteiger partial charge in [-0.2, -0.15) is 0 Å². The Morgan fingerprint density at radius 1 is 1.14 bits per heavy atom. The lowest BCUT2D eigenvalue weighted by atomic mass is 9.76. The van der Waals surface area contributed by atoms with Crippen molar-refractivity contribution in [1.29, 1.82) is 0 Å². The molecular weight excluding hydrogens is 266 g/mol. The highest BCUT2D eigenvalue weighted by Crippen LogP contribution is 2.32. The minimum atomic E-state index is -0.460. The molecule has 0 spiro atoms. The van der Waals surface area contributed by atoms with Crippen molar-refractivity contribution in [3.8, 4) is 0 Å². The standard InChI is InChI=1S/C16H33N3O2/c1-12(2)10-19(11-14(18)20)15(21)7-6-13(8-9-17)16(3,4)5/h12-13H,6-11,17H2,1-5H3,(H2,18,20). The van der Waals surface area contributed by atoms with Crippen LogP contribution < -0.4 is 11.5 Å². The molecule has 0 aromatic carbocycles. The number of carbonyl (C=O) groups is 2. The van der Waals surface area contributed by atoms with Crippen molar-refractivity contribution in [3.05, 3.63) is 0 Å². The van der Waals surface area contributed by atoms with E-state index in [0.717, 1.165) is 12.8 Å². The van der Waals surface area contributed by atoms with E-state index < -0.39 is 5.91 Å². The zero-order valence-electron chi connectivity index (χ0n) is 14.3. The van der Waals surface area contributed by atoms with E-state index >= 15 is 0 Å². The number of nitrogens with zero attached hydrogens (tertiary/aromatic N) is 1. The summed E-state index contributed by atoms with van der Waals surface area (Å²) in [6.45, 7) is 11.8. The van der Waals surface area contributed by atoms with Crippen molar-refractivity contribution in [2.45, 2.75) is 53.9 Å².